The number of benzene rings is 1. The average Bonchev–Trinajstić information content (AvgIpc) is 3.22. The minimum absolute atomic E-state index is 0.266. The maximum Gasteiger partial charge on any atom is 0.223 e. The van der Waals surface area contributed by atoms with Crippen molar-refractivity contribution in [3.8, 4) is 0 Å². The van der Waals surface area contributed by atoms with Crippen LogP contribution in [0.2, 0.25) is 0 Å². The van der Waals surface area contributed by atoms with E-state index in [2.05, 4.69) is 46.2 Å². The van der Waals surface area contributed by atoms with Gasteiger partial charge in [0.1, 0.15) is 0 Å². The second-order valence-electron chi connectivity index (χ2n) is 6.62. The lowest BCUT2D eigenvalue weighted by molar-refractivity contribution is -0.131. The number of nitrogens with zero attached hydrogens (tertiary/aromatic N) is 4. The zero-order chi connectivity index (χ0) is 16.9. The van der Waals surface area contributed by atoms with Gasteiger partial charge in [-0.1, -0.05) is 18.2 Å². The molecule has 1 fully saturated rings. The summed E-state index contributed by atoms with van der Waals surface area (Å²) in [5.41, 5.74) is 2.33. The first kappa shape index (κ1) is 16.6. The molecule has 0 radical (unpaired) electrons. The van der Waals surface area contributed by atoms with Crippen molar-refractivity contribution in [3.63, 3.8) is 0 Å². The van der Waals surface area contributed by atoms with Crippen LogP contribution in [0.15, 0.2) is 42.7 Å². The molecule has 1 aliphatic rings. The number of aromatic nitrogens is 2. The van der Waals surface area contributed by atoms with Crippen molar-refractivity contribution < 1.29 is 4.79 Å². The summed E-state index contributed by atoms with van der Waals surface area (Å²) in [5, 5.41) is 4.17. The molecular formula is C19H26N4O. The Morgan fingerprint density at radius 2 is 2.12 bits per heavy atom. The van der Waals surface area contributed by atoms with Crippen molar-refractivity contribution in [2.75, 3.05) is 25.0 Å². The first-order chi connectivity index (χ1) is 11.6. The van der Waals surface area contributed by atoms with Crippen LogP contribution in [0.1, 0.15) is 24.8 Å². The number of hydrogen-bond donors (Lipinski definition) is 0. The number of aryl methyl sites for hydroxylation is 2. The molecule has 0 spiro atoms. The smallest absolute Gasteiger partial charge is 0.223 e. The van der Waals surface area contributed by atoms with Gasteiger partial charge in [-0.05, 0) is 37.0 Å². The van der Waals surface area contributed by atoms with Gasteiger partial charge in [0.05, 0.1) is 6.20 Å². The van der Waals surface area contributed by atoms with E-state index in [1.807, 2.05) is 25.5 Å². The molecule has 3 rings (SSSR count). The van der Waals surface area contributed by atoms with E-state index in [9.17, 15) is 4.79 Å². The molecule has 5 heteroatoms. The molecule has 2 heterocycles. The third-order valence-corrected chi connectivity index (χ3v) is 4.76. The molecule has 1 aromatic heterocycles. The Kier molecular flexibility index (Phi) is 5.18. The molecule has 24 heavy (non-hydrogen) atoms. The normalized spacial score (nSPS) is 17.2. The molecule has 1 aliphatic heterocycles. The molecule has 128 valence electrons. The molecule has 0 N–H and O–H groups in total. The van der Waals surface area contributed by atoms with Crippen LogP contribution in [0.3, 0.4) is 0 Å². The zero-order valence-electron chi connectivity index (χ0n) is 14.6. The predicted molar refractivity (Wildman–Crippen MR) is 96.0 cm³/mol. The monoisotopic (exact) mass is 326 g/mol. The van der Waals surface area contributed by atoms with Crippen LogP contribution in [0, 0.1) is 0 Å². The van der Waals surface area contributed by atoms with Gasteiger partial charge in [-0.25, -0.2) is 0 Å². The summed E-state index contributed by atoms with van der Waals surface area (Å²) < 4.78 is 1.79. The highest BCUT2D eigenvalue weighted by Gasteiger charge is 2.29. The van der Waals surface area contributed by atoms with Gasteiger partial charge in [0.15, 0.2) is 0 Å². The molecule has 1 saturated heterocycles. The number of likely N-dealkylation sites (N-methyl/N-ethyl adjacent to an activating group) is 1. The minimum Gasteiger partial charge on any atom is -0.373 e. The first-order valence-electron chi connectivity index (χ1n) is 8.66. The number of para-hydroxylation sites is 1. The summed E-state index contributed by atoms with van der Waals surface area (Å²) in [6.45, 7) is 1.78. The average molecular weight is 326 g/mol. The number of amides is 1. The lowest BCUT2D eigenvalue weighted by atomic mass is 10.1. The van der Waals surface area contributed by atoms with Gasteiger partial charge in [-0.3, -0.25) is 9.48 Å². The van der Waals surface area contributed by atoms with Gasteiger partial charge < -0.3 is 9.80 Å². The van der Waals surface area contributed by atoms with E-state index in [4.69, 9.17) is 0 Å². The largest absolute Gasteiger partial charge is 0.373 e. The van der Waals surface area contributed by atoms with Gasteiger partial charge in [0.25, 0.3) is 0 Å². The van der Waals surface area contributed by atoms with E-state index in [0.717, 1.165) is 37.9 Å². The highest BCUT2D eigenvalue weighted by atomic mass is 16.2. The van der Waals surface area contributed by atoms with Crippen molar-refractivity contribution in [1.29, 1.82) is 0 Å². The Hall–Kier alpha value is -2.30. The SMILES string of the molecule is CN(C[C@@H]1CCCN1C(=O)CCc1cnn(C)c1)c1ccccc1. The second-order valence-corrected chi connectivity index (χ2v) is 6.62. The van der Waals surface area contributed by atoms with E-state index in [1.165, 1.54) is 5.69 Å². The van der Waals surface area contributed by atoms with E-state index in [0.29, 0.717) is 12.5 Å². The fraction of sp³-hybridized carbons (Fsp3) is 0.474. The number of rotatable bonds is 6. The van der Waals surface area contributed by atoms with Gasteiger partial charge in [-0.15, -0.1) is 0 Å². The minimum atomic E-state index is 0.266. The fourth-order valence-corrected chi connectivity index (χ4v) is 3.45. The molecular weight excluding hydrogens is 300 g/mol. The molecule has 1 amide bonds. The van der Waals surface area contributed by atoms with Crippen molar-refractivity contribution in [2.45, 2.75) is 31.7 Å². The van der Waals surface area contributed by atoms with Crippen LogP contribution in [-0.4, -0.2) is 46.8 Å². The Morgan fingerprint density at radius 1 is 1.33 bits per heavy atom. The quantitative estimate of drug-likeness (QED) is 0.819. The zero-order valence-corrected chi connectivity index (χ0v) is 14.6. The Bertz CT molecular complexity index is 667. The first-order valence-corrected chi connectivity index (χ1v) is 8.66. The van der Waals surface area contributed by atoms with E-state index in [1.54, 1.807) is 4.68 Å². The van der Waals surface area contributed by atoms with E-state index >= 15 is 0 Å². The van der Waals surface area contributed by atoms with Crippen molar-refractivity contribution >= 4 is 11.6 Å². The Morgan fingerprint density at radius 3 is 2.83 bits per heavy atom. The maximum atomic E-state index is 12.6. The summed E-state index contributed by atoms with van der Waals surface area (Å²) in [6.07, 6.45) is 7.36. The lowest BCUT2D eigenvalue weighted by Gasteiger charge is -2.30. The van der Waals surface area contributed by atoms with Crippen molar-refractivity contribution in [1.82, 2.24) is 14.7 Å². The molecule has 0 aliphatic carbocycles. The van der Waals surface area contributed by atoms with Gasteiger partial charge in [0, 0.05) is 51.5 Å². The Labute approximate surface area is 143 Å². The topological polar surface area (TPSA) is 41.4 Å². The summed E-state index contributed by atoms with van der Waals surface area (Å²) in [7, 11) is 4.01. The summed E-state index contributed by atoms with van der Waals surface area (Å²) >= 11 is 0. The maximum absolute atomic E-state index is 12.6. The van der Waals surface area contributed by atoms with Crippen molar-refractivity contribution in [3.05, 3.63) is 48.3 Å². The fourth-order valence-electron chi connectivity index (χ4n) is 3.45. The van der Waals surface area contributed by atoms with Gasteiger partial charge in [0.2, 0.25) is 5.91 Å². The van der Waals surface area contributed by atoms with Crippen LogP contribution in [-0.2, 0) is 18.3 Å². The Balaban J connectivity index is 1.55. The van der Waals surface area contributed by atoms with E-state index in [-0.39, 0.29) is 5.91 Å². The van der Waals surface area contributed by atoms with Gasteiger partial charge >= 0.3 is 0 Å². The van der Waals surface area contributed by atoms with Crippen LogP contribution < -0.4 is 4.90 Å². The van der Waals surface area contributed by atoms with Crippen molar-refractivity contribution in [2.24, 2.45) is 7.05 Å². The van der Waals surface area contributed by atoms with Gasteiger partial charge in [-0.2, -0.15) is 5.10 Å². The molecule has 2 aromatic rings. The van der Waals surface area contributed by atoms with Crippen LogP contribution in [0.5, 0.6) is 0 Å². The summed E-state index contributed by atoms with van der Waals surface area (Å²) in [5.74, 6) is 0.266. The number of carbonyl (C=O) groups is 1. The molecule has 5 nitrogen and oxygen atoms in total. The second kappa shape index (κ2) is 7.51. The third-order valence-electron chi connectivity index (χ3n) is 4.76. The molecule has 0 unspecified atom stereocenters. The molecule has 0 bridgehead atoms. The van der Waals surface area contributed by atoms with Crippen LogP contribution >= 0.6 is 0 Å². The highest BCUT2D eigenvalue weighted by molar-refractivity contribution is 5.77. The highest BCUT2D eigenvalue weighted by Crippen LogP contribution is 2.22. The molecule has 0 saturated carbocycles. The molecule has 1 aromatic carbocycles. The predicted octanol–water partition coefficient (Wildman–Crippen LogP) is 2.48. The molecule has 1 atom stereocenters. The summed E-state index contributed by atoms with van der Waals surface area (Å²) in [4.78, 5) is 17.0. The lowest BCUT2D eigenvalue weighted by Crippen LogP contribution is -2.42. The van der Waals surface area contributed by atoms with E-state index < -0.39 is 0 Å². The number of likely N-dealkylation sites (tertiary alicyclic amines) is 1. The number of carbonyl (C=O) groups excluding carboxylic acids is 1. The number of anilines is 1. The number of hydrogen-bond acceptors (Lipinski definition) is 3. The van der Waals surface area contributed by atoms with Crippen LogP contribution in [0.4, 0.5) is 5.69 Å². The van der Waals surface area contributed by atoms with Crippen LogP contribution in [0.25, 0.3) is 0 Å². The summed E-state index contributed by atoms with van der Waals surface area (Å²) in [6, 6.07) is 10.7. The standard InChI is InChI=1S/C19H26N4O/c1-21(17-7-4-3-5-8-17)15-18-9-6-12-23(18)19(24)11-10-16-13-20-22(2)14-16/h3-5,7-8,13-14,18H,6,9-12,15H2,1-2H3/t18-/m0/s1. The third kappa shape index (κ3) is 3.96.